The van der Waals surface area contributed by atoms with Gasteiger partial charge in [0.1, 0.15) is 0 Å². The molecule has 0 unspecified atom stereocenters. The lowest BCUT2D eigenvalue weighted by molar-refractivity contribution is -0.116. The van der Waals surface area contributed by atoms with Crippen LogP contribution in [0.2, 0.25) is 0 Å². The highest BCUT2D eigenvalue weighted by Gasteiger charge is 2.18. The Kier molecular flexibility index (Phi) is 4.12. The monoisotopic (exact) mass is 455 g/mol. The average molecular weight is 456 g/mol. The molecular formula is C16H11BrINO2. The lowest BCUT2D eigenvalue weighted by Gasteiger charge is -2.17. The van der Waals surface area contributed by atoms with E-state index >= 15 is 0 Å². The third-order valence-corrected chi connectivity index (χ3v) is 4.87. The van der Waals surface area contributed by atoms with E-state index in [1.807, 2.05) is 30.3 Å². The summed E-state index contributed by atoms with van der Waals surface area (Å²) < 4.78 is 1.81. The van der Waals surface area contributed by atoms with Crippen molar-refractivity contribution in [2.45, 2.75) is 12.8 Å². The number of hydrogen-bond acceptors (Lipinski definition) is 2. The van der Waals surface area contributed by atoms with Crippen LogP contribution in [0.4, 0.5) is 5.69 Å². The summed E-state index contributed by atoms with van der Waals surface area (Å²) in [6.45, 7) is 0. The minimum atomic E-state index is 0.000370. The number of halogens is 2. The quantitative estimate of drug-likeness (QED) is 0.545. The van der Waals surface area contributed by atoms with E-state index in [-0.39, 0.29) is 11.7 Å². The Morgan fingerprint density at radius 2 is 1.95 bits per heavy atom. The molecule has 3 nitrogen and oxygen atoms in total. The fourth-order valence-corrected chi connectivity index (χ4v) is 3.29. The summed E-state index contributed by atoms with van der Waals surface area (Å²) in [5.74, 6) is 0.0310. The first-order valence-electron chi connectivity index (χ1n) is 6.47. The molecule has 1 aliphatic heterocycles. The zero-order chi connectivity index (χ0) is 15.0. The number of amides is 1. The number of carbonyl (C=O) groups excluding carboxylic acids is 2. The molecule has 2 aromatic rings. The molecule has 0 spiro atoms. The van der Waals surface area contributed by atoms with Gasteiger partial charge in [-0.3, -0.25) is 9.59 Å². The van der Waals surface area contributed by atoms with Crippen LogP contribution >= 0.6 is 38.5 Å². The highest BCUT2D eigenvalue weighted by molar-refractivity contribution is 14.1. The maximum atomic E-state index is 12.7. The van der Waals surface area contributed by atoms with Gasteiger partial charge in [-0.15, -0.1) is 0 Å². The first-order valence-corrected chi connectivity index (χ1v) is 8.34. The lowest BCUT2D eigenvalue weighted by atomic mass is 9.96. The zero-order valence-electron chi connectivity index (χ0n) is 11.0. The normalized spacial score (nSPS) is 13.5. The number of fused-ring (bicyclic) bond motifs is 1. The number of nitrogens with one attached hydrogen (secondary N) is 1. The fraction of sp³-hybridized carbons (Fsp3) is 0.125. The van der Waals surface area contributed by atoms with Gasteiger partial charge in [-0.25, -0.2) is 0 Å². The number of anilines is 1. The number of hydrogen-bond donors (Lipinski definition) is 1. The van der Waals surface area contributed by atoms with Gasteiger partial charge in [0, 0.05) is 31.3 Å². The van der Waals surface area contributed by atoms with Crippen molar-refractivity contribution in [3.63, 3.8) is 0 Å². The van der Waals surface area contributed by atoms with Gasteiger partial charge in [0.05, 0.1) is 0 Å². The molecule has 0 aliphatic carbocycles. The summed E-state index contributed by atoms with van der Waals surface area (Å²) >= 11 is 5.57. The highest BCUT2D eigenvalue weighted by atomic mass is 127. The lowest BCUT2D eigenvalue weighted by Crippen LogP contribution is -2.19. The van der Waals surface area contributed by atoms with E-state index in [0.29, 0.717) is 24.0 Å². The van der Waals surface area contributed by atoms with Crippen molar-refractivity contribution in [3.8, 4) is 0 Å². The zero-order valence-corrected chi connectivity index (χ0v) is 14.7. The summed E-state index contributed by atoms with van der Waals surface area (Å²) in [5.41, 5.74) is 3.17. The van der Waals surface area contributed by atoms with Crippen LogP contribution in [-0.2, 0) is 11.2 Å². The number of carbonyl (C=O) groups is 2. The second kappa shape index (κ2) is 5.88. The van der Waals surface area contributed by atoms with Crippen LogP contribution in [0.3, 0.4) is 0 Å². The van der Waals surface area contributed by atoms with Crippen molar-refractivity contribution in [1.29, 1.82) is 0 Å². The summed E-state index contributed by atoms with van der Waals surface area (Å²) in [4.78, 5) is 24.0. The molecule has 0 saturated carbocycles. The molecule has 1 aliphatic rings. The van der Waals surface area contributed by atoms with E-state index in [1.165, 1.54) is 0 Å². The molecule has 0 radical (unpaired) electrons. The Hall–Kier alpha value is -1.21. The van der Waals surface area contributed by atoms with E-state index in [9.17, 15) is 9.59 Å². The van der Waals surface area contributed by atoms with Gasteiger partial charge in [-0.05, 0) is 71.0 Å². The Balaban J connectivity index is 1.99. The van der Waals surface area contributed by atoms with Crippen LogP contribution in [0.15, 0.2) is 40.9 Å². The van der Waals surface area contributed by atoms with E-state index < -0.39 is 0 Å². The predicted molar refractivity (Wildman–Crippen MR) is 93.7 cm³/mol. The van der Waals surface area contributed by atoms with Gasteiger partial charge in [-0.1, -0.05) is 15.9 Å². The second-order valence-corrected chi connectivity index (χ2v) is 6.95. The molecule has 1 amide bonds. The molecule has 0 fully saturated rings. The second-order valence-electron chi connectivity index (χ2n) is 4.87. The molecule has 0 atom stereocenters. The molecule has 21 heavy (non-hydrogen) atoms. The largest absolute Gasteiger partial charge is 0.326 e. The summed E-state index contributed by atoms with van der Waals surface area (Å²) in [5, 5.41) is 2.83. The number of rotatable bonds is 2. The smallest absolute Gasteiger partial charge is 0.224 e. The molecule has 3 rings (SSSR count). The van der Waals surface area contributed by atoms with Crippen molar-refractivity contribution in [2.24, 2.45) is 0 Å². The average Bonchev–Trinajstić information content (AvgIpc) is 2.48. The molecule has 0 saturated heterocycles. The van der Waals surface area contributed by atoms with Crippen LogP contribution in [0.5, 0.6) is 0 Å². The summed E-state index contributed by atoms with van der Waals surface area (Å²) in [7, 11) is 0. The first-order chi connectivity index (χ1) is 10.0. The van der Waals surface area contributed by atoms with Crippen molar-refractivity contribution in [1.82, 2.24) is 0 Å². The maximum Gasteiger partial charge on any atom is 0.224 e. The Labute approximate surface area is 144 Å². The molecular weight excluding hydrogens is 445 g/mol. The number of ketones is 1. The van der Waals surface area contributed by atoms with Gasteiger partial charge in [-0.2, -0.15) is 0 Å². The SMILES string of the molecule is O=C1CCc2cc(C(=O)c3cc(Br)ccc3I)ccc2N1. The van der Waals surface area contributed by atoms with E-state index in [0.717, 1.165) is 19.3 Å². The molecule has 0 bridgehead atoms. The van der Waals surface area contributed by atoms with Gasteiger partial charge < -0.3 is 5.32 Å². The molecule has 106 valence electrons. The fourth-order valence-electron chi connectivity index (χ4n) is 2.35. The van der Waals surface area contributed by atoms with Crippen LogP contribution in [-0.4, -0.2) is 11.7 Å². The minimum Gasteiger partial charge on any atom is -0.326 e. The van der Waals surface area contributed by atoms with Crippen LogP contribution in [0.25, 0.3) is 0 Å². The van der Waals surface area contributed by atoms with Crippen molar-refractivity contribution < 1.29 is 9.59 Å². The van der Waals surface area contributed by atoms with Crippen molar-refractivity contribution >= 4 is 55.9 Å². The topological polar surface area (TPSA) is 46.2 Å². The van der Waals surface area contributed by atoms with Crippen molar-refractivity contribution in [3.05, 3.63) is 61.1 Å². The van der Waals surface area contributed by atoms with Crippen LogP contribution in [0.1, 0.15) is 27.9 Å². The summed E-state index contributed by atoms with van der Waals surface area (Å²) in [6.07, 6.45) is 1.15. The standard InChI is InChI=1S/C16H11BrINO2/c17-11-3-4-13(18)12(8-11)16(21)10-1-5-14-9(7-10)2-6-15(20)19-14/h1,3-5,7-8H,2,6H2,(H,19,20). The number of aryl methyl sites for hydroxylation is 1. The predicted octanol–water partition coefficient (Wildman–Crippen LogP) is 4.17. The third-order valence-electron chi connectivity index (χ3n) is 3.44. The molecule has 1 heterocycles. The summed E-state index contributed by atoms with van der Waals surface area (Å²) in [6, 6.07) is 11.1. The Bertz CT molecular complexity index is 758. The van der Waals surface area contributed by atoms with Crippen LogP contribution in [0, 0.1) is 3.57 Å². The van der Waals surface area contributed by atoms with E-state index in [4.69, 9.17) is 0 Å². The van der Waals surface area contributed by atoms with Gasteiger partial charge >= 0.3 is 0 Å². The molecule has 0 aromatic heterocycles. The van der Waals surface area contributed by atoms with Crippen LogP contribution < -0.4 is 5.32 Å². The van der Waals surface area contributed by atoms with E-state index in [1.54, 1.807) is 6.07 Å². The highest BCUT2D eigenvalue weighted by Crippen LogP contribution is 2.26. The third kappa shape index (κ3) is 3.03. The minimum absolute atomic E-state index is 0.000370. The Morgan fingerprint density at radius 3 is 2.76 bits per heavy atom. The Morgan fingerprint density at radius 1 is 1.14 bits per heavy atom. The van der Waals surface area contributed by atoms with Crippen molar-refractivity contribution in [2.75, 3.05) is 5.32 Å². The first kappa shape index (κ1) is 14.7. The van der Waals surface area contributed by atoms with Gasteiger partial charge in [0.25, 0.3) is 0 Å². The van der Waals surface area contributed by atoms with Gasteiger partial charge in [0.2, 0.25) is 5.91 Å². The molecule has 5 heteroatoms. The van der Waals surface area contributed by atoms with Gasteiger partial charge in [0.15, 0.2) is 5.78 Å². The number of benzene rings is 2. The molecule has 2 aromatic carbocycles. The molecule has 1 N–H and O–H groups in total. The maximum absolute atomic E-state index is 12.7. The van der Waals surface area contributed by atoms with E-state index in [2.05, 4.69) is 43.8 Å².